The highest BCUT2D eigenvalue weighted by Crippen LogP contribution is 1.98. The second kappa shape index (κ2) is 3.73. The van der Waals surface area contributed by atoms with E-state index in [0.717, 1.165) is 11.3 Å². The van der Waals surface area contributed by atoms with Gasteiger partial charge in [0.15, 0.2) is 0 Å². The minimum atomic E-state index is 0.376. The summed E-state index contributed by atoms with van der Waals surface area (Å²) in [7, 11) is 0. The number of nitrogens with zero attached hydrogens (tertiary/aromatic N) is 1. The molecule has 0 aromatic heterocycles. The van der Waals surface area contributed by atoms with Gasteiger partial charge in [0.1, 0.15) is 0 Å². The molecule has 0 spiro atoms. The van der Waals surface area contributed by atoms with E-state index < -0.39 is 0 Å². The molecule has 0 amide bonds. The van der Waals surface area contributed by atoms with E-state index in [2.05, 4.69) is 5.10 Å². The Morgan fingerprint density at radius 2 is 1.91 bits per heavy atom. The molecule has 0 saturated heterocycles. The summed E-state index contributed by atoms with van der Waals surface area (Å²) < 4.78 is 0. The van der Waals surface area contributed by atoms with Crippen LogP contribution < -0.4 is 11.6 Å². The average molecular weight is 149 g/mol. The van der Waals surface area contributed by atoms with E-state index in [1.54, 1.807) is 0 Å². The quantitative estimate of drug-likeness (QED) is 0.361. The lowest BCUT2D eigenvalue weighted by Crippen LogP contribution is -2.16. The van der Waals surface area contributed by atoms with Crippen LogP contribution in [0.15, 0.2) is 35.4 Å². The molecule has 3 heteroatoms. The number of hydrogen-bond donors (Lipinski definition) is 2. The summed E-state index contributed by atoms with van der Waals surface area (Å²) in [6, 6.07) is 9.65. The Morgan fingerprint density at radius 3 is 2.36 bits per heavy atom. The fourth-order valence-electron chi connectivity index (χ4n) is 0.876. The predicted molar refractivity (Wildman–Crippen MR) is 46.2 cm³/mol. The Balaban J connectivity index is 2.92. The molecular weight excluding hydrogens is 138 g/mol. The molecular formula is C8H11N3. The van der Waals surface area contributed by atoms with E-state index in [-0.39, 0.29) is 0 Å². The van der Waals surface area contributed by atoms with Crippen molar-refractivity contribution in [1.82, 2.24) is 0 Å². The largest absolute Gasteiger partial charge is 0.325 e. The molecule has 4 N–H and O–H groups in total. The molecule has 0 aliphatic heterocycles. The lowest BCUT2D eigenvalue weighted by molar-refractivity contribution is 1.19. The summed E-state index contributed by atoms with van der Waals surface area (Å²) in [5.41, 5.74) is 7.12. The van der Waals surface area contributed by atoms with Crippen LogP contribution >= 0.6 is 0 Å². The van der Waals surface area contributed by atoms with E-state index in [1.165, 1.54) is 0 Å². The molecule has 0 heterocycles. The molecule has 1 aromatic rings. The van der Waals surface area contributed by atoms with Gasteiger partial charge >= 0.3 is 0 Å². The summed E-state index contributed by atoms with van der Waals surface area (Å²) in [5, 5.41) is 3.57. The van der Waals surface area contributed by atoms with Crippen LogP contribution in [0.1, 0.15) is 5.56 Å². The zero-order chi connectivity index (χ0) is 8.10. The van der Waals surface area contributed by atoms with Gasteiger partial charge in [-0.15, -0.1) is 0 Å². The van der Waals surface area contributed by atoms with Crippen LogP contribution in [0, 0.1) is 0 Å². The first-order chi connectivity index (χ1) is 5.38. The summed E-state index contributed by atoms with van der Waals surface area (Å²) >= 11 is 0. The van der Waals surface area contributed by atoms with E-state index in [9.17, 15) is 0 Å². The van der Waals surface area contributed by atoms with E-state index in [1.807, 2.05) is 30.3 Å². The van der Waals surface area contributed by atoms with Gasteiger partial charge < -0.3 is 11.6 Å². The van der Waals surface area contributed by atoms with E-state index in [0.29, 0.717) is 6.54 Å². The summed E-state index contributed by atoms with van der Waals surface area (Å²) in [4.78, 5) is 0. The number of hydrogen-bond acceptors (Lipinski definition) is 3. The predicted octanol–water partition coefficient (Wildman–Crippen LogP) is 0.308. The van der Waals surface area contributed by atoms with Gasteiger partial charge in [0.05, 0.1) is 5.71 Å². The molecule has 0 bridgehead atoms. The van der Waals surface area contributed by atoms with Gasteiger partial charge in [-0.25, -0.2) is 0 Å². The lowest BCUT2D eigenvalue weighted by atomic mass is 10.1. The normalized spacial score (nSPS) is 11.5. The van der Waals surface area contributed by atoms with Crippen molar-refractivity contribution in [3.63, 3.8) is 0 Å². The SMILES string of the molecule is NCC(=NN)c1ccccc1. The van der Waals surface area contributed by atoms with Crippen LogP contribution in [0.4, 0.5) is 0 Å². The molecule has 0 aliphatic rings. The van der Waals surface area contributed by atoms with Gasteiger partial charge in [0.25, 0.3) is 0 Å². The van der Waals surface area contributed by atoms with Gasteiger partial charge in [-0.3, -0.25) is 0 Å². The van der Waals surface area contributed by atoms with Crippen molar-refractivity contribution in [3.8, 4) is 0 Å². The molecule has 0 atom stereocenters. The van der Waals surface area contributed by atoms with Crippen LogP contribution in [-0.2, 0) is 0 Å². The van der Waals surface area contributed by atoms with Gasteiger partial charge in [-0.05, 0) is 5.56 Å². The molecule has 0 unspecified atom stereocenters. The van der Waals surface area contributed by atoms with Crippen molar-refractivity contribution < 1.29 is 0 Å². The minimum Gasteiger partial charge on any atom is -0.325 e. The second-order valence-electron chi connectivity index (χ2n) is 2.15. The number of nitrogens with two attached hydrogens (primary N) is 2. The molecule has 3 nitrogen and oxygen atoms in total. The molecule has 0 saturated carbocycles. The average Bonchev–Trinajstić information content (AvgIpc) is 2.09. The molecule has 0 fully saturated rings. The summed E-state index contributed by atoms with van der Waals surface area (Å²) in [6.07, 6.45) is 0. The van der Waals surface area contributed by atoms with Crippen molar-refractivity contribution in [2.45, 2.75) is 0 Å². The molecule has 0 radical (unpaired) electrons. The Kier molecular flexibility index (Phi) is 2.63. The van der Waals surface area contributed by atoms with Crippen molar-refractivity contribution in [2.75, 3.05) is 6.54 Å². The summed E-state index contributed by atoms with van der Waals surface area (Å²) in [6.45, 7) is 0.376. The summed E-state index contributed by atoms with van der Waals surface area (Å²) in [5.74, 6) is 5.12. The lowest BCUT2D eigenvalue weighted by Gasteiger charge is -1.99. The molecule has 1 aromatic carbocycles. The highest BCUT2D eigenvalue weighted by atomic mass is 15.1. The first-order valence-electron chi connectivity index (χ1n) is 3.40. The van der Waals surface area contributed by atoms with Crippen molar-refractivity contribution in [3.05, 3.63) is 35.9 Å². The van der Waals surface area contributed by atoms with Gasteiger partial charge in [0, 0.05) is 6.54 Å². The van der Waals surface area contributed by atoms with Crippen LogP contribution in [0.2, 0.25) is 0 Å². The van der Waals surface area contributed by atoms with Gasteiger partial charge in [-0.2, -0.15) is 5.10 Å². The minimum absolute atomic E-state index is 0.376. The Morgan fingerprint density at radius 1 is 1.27 bits per heavy atom. The maximum Gasteiger partial charge on any atom is 0.0808 e. The van der Waals surface area contributed by atoms with Gasteiger partial charge in [-0.1, -0.05) is 30.3 Å². The zero-order valence-corrected chi connectivity index (χ0v) is 6.20. The maximum absolute atomic E-state index is 5.40. The number of benzene rings is 1. The van der Waals surface area contributed by atoms with Crippen molar-refractivity contribution in [1.29, 1.82) is 0 Å². The molecule has 1 rings (SSSR count). The van der Waals surface area contributed by atoms with Crippen LogP contribution in [-0.4, -0.2) is 12.3 Å². The van der Waals surface area contributed by atoms with Crippen LogP contribution in [0.3, 0.4) is 0 Å². The van der Waals surface area contributed by atoms with Crippen LogP contribution in [0.5, 0.6) is 0 Å². The third-order valence-corrected chi connectivity index (χ3v) is 1.46. The van der Waals surface area contributed by atoms with Crippen LogP contribution in [0.25, 0.3) is 0 Å². The Labute approximate surface area is 65.7 Å². The smallest absolute Gasteiger partial charge is 0.0808 e. The second-order valence-corrected chi connectivity index (χ2v) is 2.15. The standard InChI is InChI=1S/C8H11N3/c9-6-8(11-10)7-4-2-1-3-5-7/h1-5H,6,9-10H2. The zero-order valence-electron chi connectivity index (χ0n) is 6.20. The first-order valence-corrected chi connectivity index (χ1v) is 3.40. The first kappa shape index (κ1) is 7.75. The Hall–Kier alpha value is -1.35. The van der Waals surface area contributed by atoms with Crippen molar-refractivity contribution >= 4 is 5.71 Å². The Bertz CT molecular complexity index is 241. The monoisotopic (exact) mass is 149 g/mol. The fourth-order valence-corrected chi connectivity index (χ4v) is 0.876. The van der Waals surface area contributed by atoms with Gasteiger partial charge in [0.2, 0.25) is 0 Å². The highest BCUT2D eigenvalue weighted by Gasteiger charge is 1.97. The molecule has 11 heavy (non-hydrogen) atoms. The third kappa shape index (κ3) is 1.78. The van der Waals surface area contributed by atoms with Crippen molar-refractivity contribution in [2.24, 2.45) is 16.7 Å². The molecule has 0 aliphatic carbocycles. The highest BCUT2D eigenvalue weighted by molar-refractivity contribution is 6.01. The number of hydrazone groups is 1. The fraction of sp³-hybridized carbons (Fsp3) is 0.125. The van der Waals surface area contributed by atoms with E-state index >= 15 is 0 Å². The topological polar surface area (TPSA) is 64.4 Å². The third-order valence-electron chi connectivity index (χ3n) is 1.46. The molecule has 58 valence electrons. The maximum atomic E-state index is 5.40. The van der Waals surface area contributed by atoms with E-state index in [4.69, 9.17) is 11.6 Å². The number of rotatable bonds is 2.